The van der Waals surface area contributed by atoms with Crippen molar-refractivity contribution in [2.24, 2.45) is 11.1 Å². The van der Waals surface area contributed by atoms with E-state index in [1.165, 1.54) is 0 Å². The summed E-state index contributed by atoms with van der Waals surface area (Å²) in [6, 6.07) is 8.29. The molecule has 2 aliphatic rings. The van der Waals surface area contributed by atoms with Crippen LogP contribution in [0.1, 0.15) is 48.0 Å². The van der Waals surface area contributed by atoms with Crippen LogP contribution in [0.15, 0.2) is 24.3 Å². The molecule has 6 heteroatoms. The molecule has 2 aliphatic heterocycles. The monoisotopic (exact) mass is 387 g/mol. The zero-order valence-electron chi connectivity index (χ0n) is 17.2. The molecule has 0 spiro atoms. The summed E-state index contributed by atoms with van der Waals surface area (Å²) in [5.74, 6) is -0.0594. The quantitative estimate of drug-likeness (QED) is 0.812. The predicted octanol–water partition coefficient (Wildman–Crippen LogP) is 2.20. The Bertz CT molecular complexity index is 690. The molecule has 0 bridgehead atoms. The summed E-state index contributed by atoms with van der Waals surface area (Å²) in [5.41, 5.74) is 7.19. The minimum atomic E-state index is -0.422. The minimum absolute atomic E-state index is 0.133. The molecule has 2 N–H and O–H groups in total. The summed E-state index contributed by atoms with van der Waals surface area (Å²) in [5, 5.41) is 0. The van der Waals surface area contributed by atoms with Gasteiger partial charge in [0.1, 0.15) is 0 Å². The summed E-state index contributed by atoms with van der Waals surface area (Å²) < 4.78 is 5.18. The van der Waals surface area contributed by atoms with E-state index >= 15 is 0 Å². The molecule has 0 atom stereocenters. The Morgan fingerprint density at radius 2 is 1.86 bits per heavy atom. The van der Waals surface area contributed by atoms with Gasteiger partial charge in [0, 0.05) is 38.4 Å². The summed E-state index contributed by atoms with van der Waals surface area (Å²) in [7, 11) is 1.66. The number of nitrogens with two attached hydrogens (primary N) is 1. The number of carbonyl (C=O) groups is 2. The zero-order valence-corrected chi connectivity index (χ0v) is 17.2. The Hall–Kier alpha value is -1.92. The molecular formula is C22H33N3O3. The fraction of sp³-hybridized carbons (Fsp3) is 0.636. The average Bonchev–Trinajstić information content (AvgIpc) is 2.72. The number of hydrogen-bond acceptors (Lipinski definition) is 4. The van der Waals surface area contributed by atoms with Crippen molar-refractivity contribution in [3.05, 3.63) is 35.4 Å². The van der Waals surface area contributed by atoms with E-state index in [0.717, 1.165) is 63.0 Å². The lowest BCUT2D eigenvalue weighted by molar-refractivity contribution is -0.132. The molecular weight excluding hydrogens is 354 g/mol. The standard InChI is InChI=1S/C22H33N3O3/c1-17-4-3-5-18(16-17)20(26)25-11-6-19(7-12-25)24-13-8-22(9-14-24,21(23)27)10-15-28-2/h3-5,16,19H,6-15H2,1-2H3,(H2,23,27). The second-order valence-electron chi connectivity index (χ2n) is 8.32. The first-order valence-electron chi connectivity index (χ1n) is 10.3. The Balaban J connectivity index is 1.52. The van der Waals surface area contributed by atoms with Crippen LogP contribution in [0.2, 0.25) is 0 Å². The molecule has 28 heavy (non-hydrogen) atoms. The van der Waals surface area contributed by atoms with Crippen LogP contribution in [0.3, 0.4) is 0 Å². The molecule has 0 radical (unpaired) electrons. The number of primary amides is 1. The third kappa shape index (κ3) is 4.55. The number of methoxy groups -OCH3 is 1. The summed E-state index contributed by atoms with van der Waals surface area (Å²) in [6.45, 7) is 5.95. The number of carbonyl (C=O) groups excluding carboxylic acids is 2. The van der Waals surface area contributed by atoms with E-state index in [9.17, 15) is 9.59 Å². The van der Waals surface area contributed by atoms with E-state index in [4.69, 9.17) is 10.5 Å². The Kier molecular flexibility index (Phi) is 6.73. The number of benzene rings is 1. The van der Waals surface area contributed by atoms with Crippen LogP contribution in [-0.4, -0.2) is 67.6 Å². The van der Waals surface area contributed by atoms with Crippen molar-refractivity contribution in [2.75, 3.05) is 39.9 Å². The fourth-order valence-corrected chi connectivity index (χ4v) is 4.63. The molecule has 1 aromatic rings. The number of hydrogen-bond donors (Lipinski definition) is 1. The van der Waals surface area contributed by atoms with Crippen molar-refractivity contribution in [1.29, 1.82) is 0 Å². The molecule has 2 amide bonds. The molecule has 154 valence electrons. The van der Waals surface area contributed by atoms with Crippen molar-refractivity contribution in [1.82, 2.24) is 9.80 Å². The number of nitrogens with zero attached hydrogens (tertiary/aromatic N) is 2. The van der Waals surface area contributed by atoms with Crippen LogP contribution in [-0.2, 0) is 9.53 Å². The third-order valence-corrected chi connectivity index (χ3v) is 6.60. The first-order chi connectivity index (χ1) is 13.4. The molecule has 0 aromatic heterocycles. The lowest BCUT2D eigenvalue weighted by atomic mass is 9.74. The first-order valence-corrected chi connectivity index (χ1v) is 10.3. The summed E-state index contributed by atoms with van der Waals surface area (Å²) in [4.78, 5) is 29.3. The molecule has 2 saturated heterocycles. The van der Waals surface area contributed by atoms with Crippen molar-refractivity contribution in [3.63, 3.8) is 0 Å². The number of aryl methyl sites for hydroxylation is 1. The lowest BCUT2D eigenvalue weighted by Crippen LogP contribution is -2.53. The molecule has 1 aromatic carbocycles. The minimum Gasteiger partial charge on any atom is -0.385 e. The third-order valence-electron chi connectivity index (χ3n) is 6.60. The largest absolute Gasteiger partial charge is 0.385 e. The van der Waals surface area contributed by atoms with Gasteiger partial charge in [0.15, 0.2) is 0 Å². The van der Waals surface area contributed by atoms with Crippen molar-refractivity contribution in [3.8, 4) is 0 Å². The molecule has 0 saturated carbocycles. The molecule has 0 unspecified atom stereocenters. The molecule has 2 fully saturated rings. The number of rotatable bonds is 6. The van der Waals surface area contributed by atoms with Gasteiger partial charge >= 0.3 is 0 Å². The van der Waals surface area contributed by atoms with Gasteiger partial charge in [-0.15, -0.1) is 0 Å². The van der Waals surface area contributed by atoms with Crippen molar-refractivity contribution >= 4 is 11.8 Å². The van der Waals surface area contributed by atoms with E-state index in [2.05, 4.69) is 4.90 Å². The maximum absolute atomic E-state index is 12.7. The van der Waals surface area contributed by atoms with Gasteiger partial charge in [0.05, 0.1) is 5.41 Å². The van der Waals surface area contributed by atoms with Gasteiger partial charge in [-0.25, -0.2) is 0 Å². The van der Waals surface area contributed by atoms with Gasteiger partial charge in [-0.2, -0.15) is 0 Å². The van der Waals surface area contributed by atoms with Crippen molar-refractivity contribution in [2.45, 2.75) is 45.1 Å². The number of piperidine rings is 2. The van der Waals surface area contributed by atoms with E-state index in [-0.39, 0.29) is 11.8 Å². The van der Waals surface area contributed by atoms with Gasteiger partial charge in [-0.05, 0) is 64.3 Å². The van der Waals surface area contributed by atoms with Crippen LogP contribution >= 0.6 is 0 Å². The van der Waals surface area contributed by atoms with E-state index in [1.807, 2.05) is 36.1 Å². The van der Waals surface area contributed by atoms with E-state index in [1.54, 1.807) is 7.11 Å². The van der Waals surface area contributed by atoms with Crippen LogP contribution in [0.4, 0.5) is 0 Å². The second kappa shape index (κ2) is 9.05. The second-order valence-corrected chi connectivity index (χ2v) is 8.32. The molecule has 3 rings (SSSR count). The van der Waals surface area contributed by atoms with Gasteiger partial charge in [0.2, 0.25) is 5.91 Å². The van der Waals surface area contributed by atoms with Crippen LogP contribution in [0.25, 0.3) is 0 Å². The average molecular weight is 388 g/mol. The van der Waals surface area contributed by atoms with Crippen LogP contribution in [0.5, 0.6) is 0 Å². The van der Waals surface area contributed by atoms with Gasteiger partial charge in [-0.3, -0.25) is 9.59 Å². The van der Waals surface area contributed by atoms with E-state index in [0.29, 0.717) is 19.1 Å². The molecule has 0 aliphatic carbocycles. The smallest absolute Gasteiger partial charge is 0.253 e. The summed E-state index contributed by atoms with van der Waals surface area (Å²) >= 11 is 0. The van der Waals surface area contributed by atoms with Gasteiger partial charge < -0.3 is 20.3 Å². The zero-order chi connectivity index (χ0) is 20.1. The number of amides is 2. The topological polar surface area (TPSA) is 75.9 Å². The first kappa shape index (κ1) is 20.8. The highest BCUT2D eigenvalue weighted by Gasteiger charge is 2.41. The van der Waals surface area contributed by atoms with Crippen molar-refractivity contribution < 1.29 is 14.3 Å². The van der Waals surface area contributed by atoms with Gasteiger partial charge in [0.25, 0.3) is 5.91 Å². The number of likely N-dealkylation sites (tertiary alicyclic amines) is 2. The maximum atomic E-state index is 12.7. The predicted molar refractivity (Wildman–Crippen MR) is 109 cm³/mol. The Labute approximate surface area is 168 Å². The highest BCUT2D eigenvalue weighted by atomic mass is 16.5. The highest BCUT2D eigenvalue weighted by Crippen LogP contribution is 2.36. The fourth-order valence-electron chi connectivity index (χ4n) is 4.63. The number of ether oxygens (including phenoxy) is 1. The van der Waals surface area contributed by atoms with Crippen LogP contribution < -0.4 is 5.73 Å². The summed E-state index contributed by atoms with van der Waals surface area (Å²) in [6.07, 6.45) is 4.27. The lowest BCUT2D eigenvalue weighted by Gasteiger charge is -2.45. The highest BCUT2D eigenvalue weighted by molar-refractivity contribution is 5.94. The van der Waals surface area contributed by atoms with E-state index < -0.39 is 5.41 Å². The molecule has 6 nitrogen and oxygen atoms in total. The normalized spacial score (nSPS) is 20.9. The van der Waals surface area contributed by atoms with Gasteiger partial charge in [-0.1, -0.05) is 17.7 Å². The maximum Gasteiger partial charge on any atom is 0.253 e. The molecule has 2 heterocycles. The Morgan fingerprint density at radius 1 is 1.18 bits per heavy atom. The Morgan fingerprint density at radius 3 is 2.43 bits per heavy atom. The van der Waals surface area contributed by atoms with Crippen LogP contribution in [0, 0.1) is 12.3 Å². The SMILES string of the molecule is COCCC1(C(N)=O)CCN(C2CCN(C(=O)c3cccc(C)c3)CC2)CC1.